The van der Waals surface area contributed by atoms with Crippen LogP contribution < -0.4 is 0 Å². The number of carboxylic acids is 1. The Hall–Kier alpha value is -2.38. The van der Waals surface area contributed by atoms with E-state index in [-0.39, 0.29) is 10.8 Å². The van der Waals surface area contributed by atoms with Crippen molar-refractivity contribution in [1.29, 1.82) is 0 Å². The number of hydrogen-bond donors (Lipinski definition) is 1. The highest BCUT2D eigenvalue weighted by atomic mass is 19.5. The molecule has 1 heterocycles. The van der Waals surface area contributed by atoms with Crippen LogP contribution in [0.15, 0.2) is 40.8 Å². The molecule has 8 heteroatoms. The summed E-state index contributed by atoms with van der Waals surface area (Å²) in [4.78, 5) is 11.0. The third-order valence-corrected chi connectivity index (χ3v) is 3.74. The first-order valence-electron chi connectivity index (χ1n) is 8.68. The van der Waals surface area contributed by atoms with Gasteiger partial charge >= 0.3 is 24.7 Å². The molecule has 0 saturated carbocycles. The van der Waals surface area contributed by atoms with E-state index in [9.17, 15) is 22.1 Å². The molecule has 0 aliphatic rings. The molecule has 3 nitrogen and oxygen atoms in total. The molecule has 0 radical (unpaired) electrons. The average Bonchev–Trinajstić information content (AvgIpc) is 2.51. The third-order valence-electron chi connectivity index (χ3n) is 3.74. The quantitative estimate of drug-likeness (QED) is 0.342. The Bertz CT molecular complexity index is 779. The highest BCUT2D eigenvalue weighted by Crippen LogP contribution is 2.33. The fourth-order valence-corrected chi connectivity index (χ4v) is 2.21. The number of benzene rings is 1. The van der Waals surface area contributed by atoms with Crippen LogP contribution in [0.5, 0.6) is 0 Å². The van der Waals surface area contributed by atoms with E-state index in [1.165, 1.54) is 0 Å². The standard InChI is InChI=1S/C20H24O3.BF4/c1-19(2,3)16-11-15(12-17(23-16)20(4,5)6)13-7-9-14(10-8-13)18(21)22;2-1(3,4)5/h7-12H,1-6H3;/q;-1/p+1. The molecule has 0 atom stereocenters. The fourth-order valence-electron chi connectivity index (χ4n) is 2.21. The van der Waals surface area contributed by atoms with E-state index >= 15 is 0 Å². The summed E-state index contributed by atoms with van der Waals surface area (Å²) < 4.78 is 45.1. The van der Waals surface area contributed by atoms with Crippen LogP contribution in [-0.2, 0) is 10.8 Å². The van der Waals surface area contributed by atoms with Gasteiger partial charge in [-0.05, 0) is 64.8 Å². The average molecular weight is 400 g/mol. The van der Waals surface area contributed by atoms with Crippen molar-refractivity contribution >= 4 is 13.2 Å². The molecule has 0 bridgehead atoms. The normalized spacial score (nSPS) is 12.2. The summed E-state index contributed by atoms with van der Waals surface area (Å²) in [7, 11) is -6.00. The maximum absolute atomic E-state index is 11.0. The molecular weight excluding hydrogens is 375 g/mol. The van der Waals surface area contributed by atoms with Gasteiger partial charge in [-0.15, -0.1) is 0 Å². The number of aromatic carboxylic acids is 1. The van der Waals surface area contributed by atoms with Crippen molar-refractivity contribution in [2.75, 3.05) is 0 Å². The minimum atomic E-state index is -6.00. The van der Waals surface area contributed by atoms with Gasteiger partial charge in [0.15, 0.2) is 0 Å². The van der Waals surface area contributed by atoms with E-state index in [4.69, 9.17) is 9.52 Å². The van der Waals surface area contributed by atoms with Gasteiger partial charge in [-0.25, -0.2) is 9.21 Å². The topological polar surface area (TPSA) is 48.6 Å². The fraction of sp³-hybridized carbons (Fsp3) is 0.400. The lowest BCUT2D eigenvalue weighted by molar-refractivity contribution is 0.0697. The summed E-state index contributed by atoms with van der Waals surface area (Å²) in [6.07, 6.45) is 0. The smallest absolute Gasteiger partial charge is 0.478 e. The first-order valence-corrected chi connectivity index (χ1v) is 8.68. The summed E-state index contributed by atoms with van der Waals surface area (Å²) in [5, 5.41) is 9.03. The van der Waals surface area contributed by atoms with Crippen LogP contribution in [0.25, 0.3) is 11.1 Å². The molecule has 1 aromatic carbocycles. The van der Waals surface area contributed by atoms with E-state index in [1.54, 1.807) is 12.1 Å². The van der Waals surface area contributed by atoms with Gasteiger partial charge in [0.1, 0.15) is 0 Å². The number of hydrogen-bond acceptors (Lipinski definition) is 1. The molecule has 154 valence electrons. The Morgan fingerprint density at radius 3 is 1.46 bits per heavy atom. The van der Waals surface area contributed by atoms with Gasteiger partial charge in [-0.3, -0.25) is 0 Å². The SMILES string of the molecule is CC(C)(C)c1cc(-c2ccc(C(=O)O)cc2)cc(C(C)(C)C)[o+]1.F[B-](F)(F)F. The van der Waals surface area contributed by atoms with E-state index in [1.807, 2.05) is 24.3 Å². The Morgan fingerprint density at radius 2 is 1.18 bits per heavy atom. The van der Waals surface area contributed by atoms with Gasteiger partial charge < -0.3 is 22.4 Å². The molecular formula is C20H25BF4O3. The Balaban J connectivity index is 0.000000696. The van der Waals surface area contributed by atoms with E-state index in [2.05, 4.69) is 41.5 Å². The molecule has 0 unspecified atom stereocenters. The Kier molecular flexibility index (Phi) is 7.04. The summed E-state index contributed by atoms with van der Waals surface area (Å²) in [5.74, 6) is 0.926. The highest BCUT2D eigenvalue weighted by molar-refractivity contribution is 6.50. The number of halogens is 4. The summed E-state index contributed by atoms with van der Waals surface area (Å²) in [6.45, 7) is 12.7. The molecule has 1 aromatic heterocycles. The second kappa shape index (κ2) is 8.33. The number of carbonyl (C=O) groups is 1. The second-order valence-corrected chi connectivity index (χ2v) is 8.45. The van der Waals surface area contributed by atoms with Crippen LogP contribution in [0.1, 0.15) is 63.4 Å². The van der Waals surface area contributed by atoms with Crippen LogP contribution >= 0.6 is 0 Å². The van der Waals surface area contributed by atoms with Crippen LogP contribution in [0.2, 0.25) is 0 Å². The van der Waals surface area contributed by atoms with Crippen molar-refractivity contribution in [2.24, 2.45) is 0 Å². The van der Waals surface area contributed by atoms with E-state index < -0.39 is 13.2 Å². The molecule has 1 N–H and O–H groups in total. The minimum Gasteiger partial charge on any atom is -0.478 e. The second-order valence-electron chi connectivity index (χ2n) is 8.45. The van der Waals surface area contributed by atoms with Crippen LogP contribution in [0, 0.1) is 0 Å². The maximum atomic E-state index is 11.0. The Morgan fingerprint density at radius 1 is 0.821 bits per heavy atom. The van der Waals surface area contributed by atoms with Gasteiger partial charge in [0.05, 0.1) is 16.4 Å². The molecule has 0 aliphatic carbocycles. The van der Waals surface area contributed by atoms with Crippen molar-refractivity contribution < 1.29 is 31.6 Å². The van der Waals surface area contributed by atoms with E-state index in [0.717, 1.165) is 22.6 Å². The third kappa shape index (κ3) is 7.70. The zero-order valence-corrected chi connectivity index (χ0v) is 16.8. The van der Waals surface area contributed by atoms with Crippen molar-refractivity contribution in [1.82, 2.24) is 0 Å². The van der Waals surface area contributed by atoms with Crippen molar-refractivity contribution in [2.45, 2.75) is 52.4 Å². The molecule has 0 saturated heterocycles. The molecule has 0 spiro atoms. The van der Waals surface area contributed by atoms with Gasteiger partial charge in [0.2, 0.25) is 0 Å². The van der Waals surface area contributed by atoms with Gasteiger partial charge in [0.25, 0.3) is 0 Å². The maximum Gasteiger partial charge on any atom is 0.673 e. The predicted molar refractivity (Wildman–Crippen MR) is 103 cm³/mol. The number of rotatable bonds is 2. The highest BCUT2D eigenvalue weighted by Gasteiger charge is 2.34. The molecule has 2 rings (SSSR count). The van der Waals surface area contributed by atoms with Crippen molar-refractivity contribution in [3.63, 3.8) is 0 Å². The largest absolute Gasteiger partial charge is 0.673 e. The zero-order chi connectivity index (χ0) is 21.9. The number of carboxylic acid groups (broad SMARTS) is 1. The Labute approximate surface area is 162 Å². The minimum absolute atomic E-state index is 0.100. The summed E-state index contributed by atoms with van der Waals surface area (Å²) in [5.41, 5.74) is 2.12. The first-order chi connectivity index (χ1) is 12.5. The van der Waals surface area contributed by atoms with Crippen molar-refractivity contribution in [3.8, 4) is 11.1 Å². The lowest BCUT2D eigenvalue weighted by atomic mass is 9.87. The molecule has 0 amide bonds. The molecule has 28 heavy (non-hydrogen) atoms. The summed E-state index contributed by atoms with van der Waals surface area (Å²) >= 11 is 0. The predicted octanol–water partition coefficient (Wildman–Crippen LogP) is 6.82. The van der Waals surface area contributed by atoms with Gasteiger partial charge in [0, 0.05) is 12.1 Å². The first kappa shape index (κ1) is 23.7. The van der Waals surface area contributed by atoms with Crippen LogP contribution in [0.3, 0.4) is 0 Å². The molecule has 0 aliphatic heterocycles. The van der Waals surface area contributed by atoms with Crippen molar-refractivity contribution in [3.05, 3.63) is 53.5 Å². The van der Waals surface area contributed by atoms with Crippen LogP contribution in [0.4, 0.5) is 17.3 Å². The molecule has 0 fully saturated rings. The van der Waals surface area contributed by atoms with Crippen LogP contribution in [-0.4, -0.2) is 18.3 Å². The van der Waals surface area contributed by atoms with Gasteiger partial charge in [-0.2, -0.15) is 0 Å². The van der Waals surface area contributed by atoms with E-state index in [0.29, 0.717) is 5.56 Å². The molecule has 2 aromatic rings. The zero-order valence-electron chi connectivity index (χ0n) is 16.8. The van der Waals surface area contributed by atoms with Gasteiger partial charge in [-0.1, -0.05) is 12.1 Å². The summed E-state index contributed by atoms with van der Waals surface area (Å²) in [6, 6.07) is 11.1. The lowest BCUT2D eigenvalue weighted by Gasteiger charge is -2.15. The lowest BCUT2D eigenvalue weighted by Crippen LogP contribution is -2.16. The monoisotopic (exact) mass is 400 g/mol.